The number of aromatic nitrogens is 2. The first-order chi connectivity index (χ1) is 24.4. The lowest BCUT2D eigenvalue weighted by Gasteiger charge is -2.61. The number of hydrogen-bond acceptors (Lipinski definition) is 9. The van der Waals surface area contributed by atoms with E-state index in [1.165, 1.54) is 19.2 Å². The normalized spacial score (nSPS) is 20.6. The van der Waals surface area contributed by atoms with E-state index in [-0.39, 0.29) is 43.4 Å². The van der Waals surface area contributed by atoms with Crippen LogP contribution >= 0.6 is 0 Å². The fourth-order valence-electron chi connectivity index (χ4n) is 6.47. The average molecular weight is 746 g/mol. The highest BCUT2D eigenvalue weighted by atomic mass is 19.4. The first-order valence-corrected chi connectivity index (χ1v) is 15.5. The maximum absolute atomic E-state index is 15.5. The number of methoxy groups -OCH3 is 1. The van der Waals surface area contributed by atoms with Crippen molar-refractivity contribution in [2.24, 2.45) is 17.6 Å². The van der Waals surface area contributed by atoms with Crippen LogP contribution in [0.2, 0.25) is 0 Å². The zero-order valence-electron chi connectivity index (χ0n) is 27.4. The summed E-state index contributed by atoms with van der Waals surface area (Å²) >= 11 is 0. The third kappa shape index (κ3) is 7.38. The lowest BCUT2D eigenvalue weighted by atomic mass is 9.56. The molecular formula is C33H31F8N5O6. The van der Waals surface area contributed by atoms with Crippen LogP contribution in [0, 0.1) is 23.5 Å². The van der Waals surface area contributed by atoms with Crippen LogP contribution in [0.1, 0.15) is 30.2 Å². The molecule has 3 aromatic rings. The van der Waals surface area contributed by atoms with Gasteiger partial charge < -0.3 is 19.9 Å². The number of hydrazine groups is 1. The van der Waals surface area contributed by atoms with E-state index in [0.29, 0.717) is 31.1 Å². The Kier molecular flexibility index (Phi) is 10.8. The summed E-state index contributed by atoms with van der Waals surface area (Å²) in [5.41, 5.74) is -1.78. The Morgan fingerprint density at radius 3 is 2.35 bits per heavy atom. The van der Waals surface area contributed by atoms with Gasteiger partial charge in [0, 0.05) is 12.7 Å². The molecule has 1 aliphatic heterocycles. The lowest BCUT2D eigenvalue weighted by molar-refractivity contribution is -0.178. The number of nitrogens with two attached hydrogens (primary N) is 1. The third-order valence-electron chi connectivity index (χ3n) is 8.90. The molecule has 5 rings (SSSR count). The number of primary amides is 1. The van der Waals surface area contributed by atoms with Gasteiger partial charge in [0.15, 0.2) is 11.6 Å². The standard InChI is InChI=1S/C33H31F8N5O6/c1-17-14-31(22(17)11-18-3-6-25(28(35)27(18)34)52-10-9-51-8-7-50-2)15-21(29(42)47)30(48)46(49)45(31)24-5-4-19(32(36,37)38)12-20(24)23-13-26(33(39,40)41)44-16-43-23/h3-6,12-13,15-17,22,49H,7-11,14H2,1-2H3,(H2,42,47). The topological polar surface area (TPSA) is 140 Å². The van der Waals surface area contributed by atoms with Crippen LogP contribution in [0.5, 0.6) is 5.75 Å². The van der Waals surface area contributed by atoms with Crippen LogP contribution in [0.15, 0.2) is 54.4 Å². The molecule has 2 aliphatic rings. The van der Waals surface area contributed by atoms with Gasteiger partial charge in [0.2, 0.25) is 5.82 Å². The van der Waals surface area contributed by atoms with E-state index < -0.39 is 92.7 Å². The first kappa shape index (κ1) is 38.4. The summed E-state index contributed by atoms with van der Waals surface area (Å²) in [6, 6.07) is 4.64. The van der Waals surface area contributed by atoms with Gasteiger partial charge in [-0.15, -0.1) is 5.17 Å². The molecule has 19 heteroatoms. The number of benzene rings is 2. The number of ether oxygens (including phenoxy) is 3. The largest absolute Gasteiger partial charge is 0.488 e. The molecule has 1 aromatic heterocycles. The van der Waals surface area contributed by atoms with Crippen LogP contribution in [0.25, 0.3) is 11.3 Å². The number of hydroxylamine groups is 1. The van der Waals surface area contributed by atoms with Gasteiger partial charge in [-0.05, 0) is 66.6 Å². The molecule has 0 radical (unpaired) electrons. The quantitative estimate of drug-likeness (QED) is 0.106. The van der Waals surface area contributed by atoms with Crippen molar-refractivity contribution in [3.05, 3.63) is 82.8 Å². The number of carbonyl (C=O) groups is 2. The van der Waals surface area contributed by atoms with Gasteiger partial charge in [-0.25, -0.2) is 19.4 Å². The Bertz CT molecular complexity index is 1870. The van der Waals surface area contributed by atoms with Crippen molar-refractivity contribution >= 4 is 17.5 Å². The van der Waals surface area contributed by atoms with Gasteiger partial charge in [0.1, 0.15) is 24.2 Å². The van der Waals surface area contributed by atoms with Crippen molar-refractivity contribution in [3.63, 3.8) is 0 Å². The van der Waals surface area contributed by atoms with Gasteiger partial charge in [0.05, 0.1) is 42.3 Å². The number of amides is 2. The number of halogens is 8. The molecule has 2 heterocycles. The fraction of sp³-hybridized carbons (Fsp3) is 0.394. The van der Waals surface area contributed by atoms with Crippen molar-refractivity contribution in [3.8, 4) is 17.0 Å². The molecule has 1 saturated carbocycles. The zero-order chi connectivity index (χ0) is 38.2. The molecule has 0 saturated heterocycles. The number of hydrogen-bond donors (Lipinski definition) is 2. The molecule has 3 unspecified atom stereocenters. The number of anilines is 1. The number of carbonyl (C=O) groups excluding carboxylic acids is 2. The first-order valence-electron chi connectivity index (χ1n) is 15.5. The molecule has 1 spiro atoms. The maximum Gasteiger partial charge on any atom is 0.433 e. The van der Waals surface area contributed by atoms with Gasteiger partial charge in [-0.1, -0.05) is 13.0 Å². The Morgan fingerprint density at radius 2 is 1.71 bits per heavy atom. The minimum atomic E-state index is -5.03. The van der Waals surface area contributed by atoms with E-state index in [9.17, 15) is 41.1 Å². The van der Waals surface area contributed by atoms with Crippen molar-refractivity contribution in [2.75, 3.05) is 38.5 Å². The predicted octanol–water partition coefficient (Wildman–Crippen LogP) is 5.50. The summed E-state index contributed by atoms with van der Waals surface area (Å²) < 4.78 is 129. The molecule has 1 aliphatic carbocycles. The highest BCUT2D eigenvalue weighted by Gasteiger charge is 2.60. The molecule has 2 amide bonds. The third-order valence-corrected chi connectivity index (χ3v) is 8.90. The van der Waals surface area contributed by atoms with Crippen LogP contribution in [-0.4, -0.2) is 71.2 Å². The highest BCUT2D eigenvalue weighted by molar-refractivity contribution is 6.19. The van der Waals surface area contributed by atoms with Gasteiger partial charge in [-0.3, -0.25) is 14.8 Å². The van der Waals surface area contributed by atoms with Crippen LogP contribution in [-0.2, 0) is 37.8 Å². The van der Waals surface area contributed by atoms with Crippen molar-refractivity contribution in [2.45, 2.75) is 37.7 Å². The SMILES string of the molecule is COCCOCCOc1ccc(CC2C(C)CC23C=C(C(N)=O)C(=O)N(O)N3c2ccc(C(F)(F)F)cc2-c2cc(C(F)(F)F)ncn2)c(F)c1F. The Hall–Kier alpha value is -4.88. The van der Waals surface area contributed by atoms with E-state index in [0.717, 1.165) is 17.2 Å². The minimum absolute atomic E-state index is 0.0491. The summed E-state index contributed by atoms with van der Waals surface area (Å²) in [7, 11) is 1.48. The summed E-state index contributed by atoms with van der Waals surface area (Å²) in [6.07, 6.45) is -8.85. The number of alkyl halides is 6. The van der Waals surface area contributed by atoms with Crippen molar-refractivity contribution in [1.82, 2.24) is 15.1 Å². The molecule has 0 bridgehead atoms. The second kappa shape index (κ2) is 14.6. The molecular weight excluding hydrogens is 714 g/mol. The van der Waals surface area contributed by atoms with E-state index in [1.807, 2.05) is 0 Å². The molecule has 1 fully saturated rings. The predicted molar refractivity (Wildman–Crippen MR) is 164 cm³/mol. The van der Waals surface area contributed by atoms with E-state index in [2.05, 4.69) is 9.97 Å². The molecule has 52 heavy (non-hydrogen) atoms. The van der Waals surface area contributed by atoms with Crippen molar-refractivity contribution in [1.29, 1.82) is 0 Å². The Balaban J connectivity index is 1.60. The molecule has 280 valence electrons. The number of nitrogens with zero attached hydrogens (tertiary/aromatic N) is 4. The molecule has 2 aromatic carbocycles. The second-order valence-corrected chi connectivity index (χ2v) is 12.1. The summed E-state index contributed by atoms with van der Waals surface area (Å²) in [5.74, 6) is -7.13. The van der Waals surface area contributed by atoms with Gasteiger partial charge in [-0.2, -0.15) is 30.7 Å². The molecule has 11 nitrogen and oxygen atoms in total. The zero-order valence-corrected chi connectivity index (χ0v) is 27.4. The second-order valence-electron chi connectivity index (χ2n) is 12.1. The van der Waals surface area contributed by atoms with E-state index >= 15 is 8.78 Å². The van der Waals surface area contributed by atoms with Crippen LogP contribution in [0.3, 0.4) is 0 Å². The molecule has 3 N–H and O–H groups in total. The Labute approximate surface area is 290 Å². The number of rotatable bonds is 12. The highest BCUT2D eigenvalue weighted by Crippen LogP contribution is 2.56. The van der Waals surface area contributed by atoms with Crippen molar-refractivity contribution < 1.29 is 64.1 Å². The average Bonchev–Trinajstić information content (AvgIpc) is 3.08. The molecule has 3 atom stereocenters. The van der Waals surface area contributed by atoms with Crippen LogP contribution < -0.4 is 15.5 Å². The maximum atomic E-state index is 15.5. The lowest BCUT2D eigenvalue weighted by Crippen LogP contribution is -2.71. The monoisotopic (exact) mass is 745 g/mol. The van der Waals surface area contributed by atoms with Crippen LogP contribution in [0.4, 0.5) is 40.8 Å². The van der Waals surface area contributed by atoms with Gasteiger partial charge in [0.25, 0.3) is 5.91 Å². The Morgan fingerprint density at radius 1 is 1.00 bits per heavy atom. The minimum Gasteiger partial charge on any atom is -0.488 e. The van der Waals surface area contributed by atoms with Gasteiger partial charge >= 0.3 is 18.3 Å². The summed E-state index contributed by atoms with van der Waals surface area (Å²) in [4.78, 5) is 32.5. The van der Waals surface area contributed by atoms with E-state index in [1.54, 1.807) is 6.92 Å². The van der Waals surface area contributed by atoms with E-state index in [4.69, 9.17) is 19.9 Å². The summed E-state index contributed by atoms with van der Waals surface area (Å²) in [5, 5.41) is 12.0. The smallest absolute Gasteiger partial charge is 0.433 e. The fourth-order valence-corrected chi connectivity index (χ4v) is 6.47. The summed E-state index contributed by atoms with van der Waals surface area (Å²) in [6.45, 7) is 2.16.